The van der Waals surface area contributed by atoms with E-state index < -0.39 is 0 Å². The van der Waals surface area contributed by atoms with Gasteiger partial charge in [-0.25, -0.2) is 9.67 Å². The molecule has 90 valence electrons. The second-order valence-electron chi connectivity index (χ2n) is 4.79. The molecule has 1 fully saturated rings. The lowest BCUT2D eigenvalue weighted by atomic mass is 10.2. The highest BCUT2D eigenvalue weighted by Gasteiger charge is 2.30. The molecule has 0 amide bonds. The van der Waals surface area contributed by atoms with Gasteiger partial charge in [0.15, 0.2) is 5.65 Å². The van der Waals surface area contributed by atoms with Crippen LogP contribution in [0, 0.1) is 5.92 Å². The van der Waals surface area contributed by atoms with Crippen LogP contribution in [0.1, 0.15) is 32.7 Å². The van der Waals surface area contributed by atoms with Crippen molar-refractivity contribution in [2.75, 3.05) is 11.9 Å². The van der Waals surface area contributed by atoms with E-state index in [2.05, 4.69) is 33.9 Å². The zero-order chi connectivity index (χ0) is 11.8. The average molecular weight is 230 g/mol. The summed E-state index contributed by atoms with van der Waals surface area (Å²) in [5.74, 6) is 0.794. The summed E-state index contributed by atoms with van der Waals surface area (Å²) in [7, 11) is 0. The number of nitrogens with one attached hydrogen (secondary N) is 1. The molecule has 4 nitrogen and oxygen atoms in total. The molecule has 2 aromatic rings. The van der Waals surface area contributed by atoms with Crippen LogP contribution in [0.2, 0.25) is 0 Å². The molecule has 0 bridgehead atoms. The highest BCUT2D eigenvalue weighted by atomic mass is 15.3. The number of aromatic nitrogens is 3. The molecule has 1 aliphatic rings. The van der Waals surface area contributed by atoms with Crippen molar-refractivity contribution in [2.24, 2.45) is 5.92 Å². The highest BCUT2D eigenvalue weighted by Crippen LogP contribution is 2.40. The minimum Gasteiger partial charge on any atom is -0.385 e. The van der Waals surface area contributed by atoms with E-state index in [4.69, 9.17) is 0 Å². The van der Waals surface area contributed by atoms with E-state index in [1.165, 1.54) is 12.8 Å². The lowest BCUT2D eigenvalue weighted by molar-refractivity contribution is 0.451. The smallest absolute Gasteiger partial charge is 0.160 e. The predicted molar refractivity (Wildman–Crippen MR) is 69.1 cm³/mol. The normalized spacial score (nSPS) is 17.3. The Morgan fingerprint density at radius 2 is 2.35 bits per heavy atom. The van der Waals surface area contributed by atoms with Crippen LogP contribution in [0.25, 0.3) is 11.0 Å². The summed E-state index contributed by atoms with van der Waals surface area (Å²) in [6.45, 7) is 5.26. The van der Waals surface area contributed by atoms with E-state index in [0.29, 0.717) is 6.04 Å². The summed E-state index contributed by atoms with van der Waals surface area (Å²) in [5, 5.41) is 8.99. The highest BCUT2D eigenvalue weighted by molar-refractivity contribution is 5.88. The summed E-state index contributed by atoms with van der Waals surface area (Å²) >= 11 is 0. The van der Waals surface area contributed by atoms with Crippen molar-refractivity contribution in [1.82, 2.24) is 14.8 Å². The summed E-state index contributed by atoms with van der Waals surface area (Å²) in [5.41, 5.74) is 2.13. The maximum Gasteiger partial charge on any atom is 0.160 e. The second-order valence-corrected chi connectivity index (χ2v) is 4.79. The van der Waals surface area contributed by atoms with Gasteiger partial charge in [0.2, 0.25) is 0 Å². The number of hydrogen-bond donors (Lipinski definition) is 1. The summed E-state index contributed by atoms with van der Waals surface area (Å²) in [6.07, 6.45) is 6.45. The number of hydrogen-bond acceptors (Lipinski definition) is 3. The first-order chi connectivity index (χ1) is 8.31. The number of nitrogens with zero attached hydrogens (tertiary/aromatic N) is 3. The van der Waals surface area contributed by atoms with Crippen molar-refractivity contribution in [3.05, 3.63) is 18.5 Å². The Balaban J connectivity index is 2.05. The molecule has 1 N–H and O–H groups in total. The summed E-state index contributed by atoms with van der Waals surface area (Å²) < 4.78 is 2.08. The van der Waals surface area contributed by atoms with Crippen molar-refractivity contribution in [3.8, 4) is 0 Å². The molecule has 4 heteroatoms. The fourth-order valence-corrected chi connectivity index (χ4v) is 2.37. The zero-order valence-corrected chi connectivity index (χ0v) is 10.3. The Kier molecular flexibility index (Phi) is 2.50. The first-order valence-electron chi connectivity index (χ1n) is 6.37. The van der Waals surface area contributed by atoms with Crippen molar-refractivity contribution in [3.63, 3.8) is 0 Å². The van der Waals surface area contributed by atoms with Gasteiger partial charge in [0, 0.05) is 18.4 Å². The fraction of sp³-hybridized carbons (Fsp3) is 0.538. The first-order valence-corrected chi connectivity index (χ1v) is 6.37. The minimum absolute atomic E-state index is 0.469. The van der Waals surface area contributed by atoms with Crippen LogP contribution in [0.5, 0.6) is 0 Å². The Morgan fingerprint density at radius 3 is 3.06 bits per heavy atom. The van der Waals surface area contributed by atoms with Crippen LogP contribution >= 0.6 is 0 Å². The van der Waals surface area contributed by atoms with E-state index in [1.54, 1.807) is 0 Å². The Bertz CT molecular complexity index is 527. The number of pyridine rings is 1. The molecular weight excluding hydrogens is 212 g/mol. The molecule has 2 aromatic heterocycles. The second kappa shape index (κ2) is 4.02. The predicted octanol–water partition coefficient (Wildman–Crippen LogP) is 2.83. The van der Waals surface area contributed by atoms with Gasteiger partial charge in [-0.2, -0.15) is 5.10 Å². The van der Waals surface area contributed by atoms with Gasteiger partial charge in [-0.15, -0.1) is 0 Å². The van der Waals surface area contributed by atoms with Crippen molar-refractivity contribution < 1.29 is 0 Å². The van der Waals surface area contributed by atoms with Gasteiger partial charge in [-0.1, -0.05) is 0 Å². The average Bonchev–Trinajstić information content (AvgIpc) is 3.09. The van der Waals surface area contributed by atoms with Gasteiger partial charge in [-0.05, 0) is 38.7 Å². The maximum absolute atomic E-state index is 4.51. The number of anilines is 1. The molecule has 2 heterocycles. The van der Waals surface area contributed by atoms with Gasteiger partial charge >= 0.3 is 0 Å². The Hall–Kier alpha value is -1.58. The third-order valence-corrected chi connectivity index (χ3v) is 3.55. The SMILES string of the molecule is CCNc1ccnc2c1cnn2C(C)C1CC1. The molecule has 0 aliphatic heterocycles. The largest absolute Gasteiger partial charge is 0.385 e. The first kappa shape index (κ1) is 10.6. The quantitative estimate of drug-likeness (QED) is 0.878. The molecule has 0 aromatic carbocycles. The Labute approximate surface area is 101 Å². The van der Waals surface area contributed by atoms with Gasteiger partial charge < -0.3 is 5.32 Å². The minimum atomic E-state index is 0.469. The van der Waals surface area contributed by atoms with Gasteiger partial charge in [0.05, 0.1) is 17.6 Å². The molecule has 0 saturated heterocycles. The molecule has 1 aliphatic carbocycles. The molecule has 1 atom stereocenters. The van der Waals surface area contributed by atoms with Crippen LogP contribution in [-0.4, -0.2) is 21.3 Å². The van der Waals surface area contributed by atoms with E-state index in [-0.39, 0.29) is 0 Å². The lowest BCUT2D eigenvalue weighted by Gasteiger charge is -2.11. The van der Waals surface area contributed by atoms with Crippen molar-refractivity contribution in [2.45, 2.75) is 32.7 Å². The van der Waals surface area contributed by atoms with Crippen LogP contribution in [0.15, 0.2) is 18.5 Å². The molecule has 1 saturated carbocycles. The van der Waals surface area contributed by atoms with Gasteiger partial charge in [-0.3, -0.25) is 0 Å². The van der Waals surface area contributed by atoms with Crippen LogP contribution in [0.4, 0.5) is 5.69 Å². The monoisotopic (exact) mass is 230 g/mol. The topological polar surface area (TPSA) is 42.7 Å². The van der Waals surface area contributed by atoms with E-state index in [0.717, 1.165) is 29.2 Å². The van der Waals surface area contributed by atoms with E-state index in [9.17, 15) is 0 Å². The molecule has 0 spiro atoms. The van der Waals surface area contributed by atoms with Gasteiger partial charge in [0.25, 0.3) is 0 Å². The van der Waals surface area contributed by atoms with E-state index in [1.807, 2.05) is 18.5 Å². The van der Waals surface area contributed by atoms with Crippen LogP contribution in [0.3, 0.4) is 0 Å². The van der Waals surface area contributed by atoms with Gasteiger partial charge in [0.1, 0.15) is 0 Å². The molecule has 0 radical (unpaired) electrons. The standard InChI is InChI=1S/C13H18N4/c1-3-14-12-6-7-15-13-11(12)8-16-17(13)9(2)10-4-5-10/h6-10H,3-5H2,1-2H3,(H,14,15). The third kappa shape index (κ3) is 1.77. The summed E-state index contributed by atoms with van der Waals surface area (Å²) in [4.78, 5) is 4.48. The van der Waals surface area contributed by atoms with Crippen molar-refractivity contribution >= 4 is 16.7 Å². The molecule has 17 heavy (non-hydrogen) atoms. The third-order valence-electron chi connectivity index (χ3n) is 3.55. The zero-order valence-electron chi connectivity index (χ0n) is 10.3. The Morgan fingerprint density at radius 1 is 1.53 bits per heavy atom. The lowest BCUT2D eigenvalue weighted by Crippen LogP contribution is -2.09. The van der Waals surface area contributed by atoms with E-state index >= 15 is 0 Å². The van der Waals surface area contributed by atoms with Crippen molar-refractivity contribution in [1.29, 1.82) is 0 Å². The summed E-state index contributed by atoms with van der Waals surface area (Å²) in [6, 6.07) is 2.48. The molecular formula is C13H18N4. The fourth-order valence-electron chi connectivity index (χ4n) is 2.37. The van der Waals surface area contributed by atoms with Crippen LogP contribution < -0.4 is 5.32 Å². The maximum atomic E-state index is 4.51. The molecule has 1 unspecified atom stereocenters. The molecule has 3 rings (SSSR count). The number of fused-ring (bicyclic) bond motifs is 1. The number of rotatable bonds is 4. The van der Waals surface area contributed by atoms with Crippen LogP contribution in [-0.2, 0) is 0 Å².